The van der Waals surface area contributed by atoms with E-state index in [9.17, 15) is 32.0 Å². The number of amides is 4. The Bertz CT molecular complexity index is 1800. The zero-order valence-corrected chi connectivity index (χ0v) is 30.3. The predicted octanol–water partition coefficient (Wildman–Crippen LogP) is 2.75. The Morgan fingerprint density at radius 2 is 1.72 bits per heavy atom. The Hall–Kier alpha value is -3.37. The molecule has 3 fully saturated rings. The molecular weight excluding hydrogens is 717 g/mol. The summed E-state index contributed by atoms with van der Waals surface area (Å²) in [7, 11) is -4.56. The topological polar surface area (TPSA) is 153 Å². The maximum atomic E-state index is 15.0. The molecule has 3 aliphatic rings. The van der Waals surface area contributed by atoms with Gasteiger partial charge in [-0.15, -0.1) is 0 Å². The first-order valence-corrected chi connectivity index (χ1v) is 18.5. The number of nitrogens with two attached hydrogens (primary N) is 1. The average Bonchev–Trinajstić information content (AvgIpc) is 3.53. The number of rotatable bonds is 9. The molecule has 0 bridgehead atoms. The predicted molar refractivity (Wildman–Crippen MR) is 181 cm³/mol. The van der Waals surface area contributed by atoms with Crippen molar-refractivity contribution in [2.75, 3.05) is 19.6 Å². The number of fused-ring (bicyclic) bond motifs is 1. The number of hydrogen-bond donors (Lipinski definition) is 2. The number of likely N-dealkylation sites (tertiary alicyclic amines) is 1. The number of carbonyl (C=O) groups excluding carboxylic acids is 4. The van der Waals surface area contributed by atoms with Crippen LogP contribution in [0.5, 0.6) is 0 Å². The van der Waals surface area contributed by atoms with Crippen molar-refractivity contribution in [3.63, 3.8) is 0 Å². The summed E-state index contributed by atoms with van der Waals surface area (Å²) in [5.74, 6) is -4.48. The lowest BCUT2D eigenvalue weighted by Gasteiger charge is -2.54. The summed E-state index contributed by atoms with van der Waals surface area (Å²) in [5.41, 5.74) is 6.03. The van der Waals surface area contributed by atoms with Gasteiger partial charge in [0.05, 0.1) is 17.6 Å². The molecule has 4 amide bonds. The average molecular weight is 758 g/mol. The van der Waals surface area contributed by atoms with Gasteiger partial charge in [-0.3, -0.25) is 19.2 Å². The van der Waals surface area contributed by atoms with Crippen LogP contribution in [0.2, 0.25) is 10.0 Å². The number of nitrogens with one attached hydrogen (secondary N) is 1. The van der Waals surface area contributed by atoms with E-state index in [2.05, 4.69) is 5.32 Å². The van der Waals surface area contributed by atoms with E-state index < -0.39 is 94.6 Å². The van der Waals surface area contributed by atoms with Gasteiger partial charge < -0.3 is 25.8 Å². The maximum Gasteiger partial charge on any atom is 0.248 e. The van der Waals surface area contributed by atoms with E-state index in [-0.39, 0.29) is 45.9 Å². The molecule has 12 nitrogen and oxygen atoms in total. The van der Waals surface area contributed by atoms with E-state index >= 15 is 4.39 Å². The maximum absolute atomic E-state index is 15.0. The summed E-state index contributed by atoms with van der Waals surface area (Å²) < 4.78 is 58.7. The number of hydrogen-bond acceptors (Lipinski definition) is 7. The third-order valence-electron chi connectivity index (χ3n) is 9.52. The van der Waals surface area contributed by atoms with Crippen molar-refractivity contribution >= 4 is 56.9 Å². The molecule has 3 aliphatic heterocycles. The van der Waals surface area contributed by atoms with Crippen LogP contribution in [-0.4, -0.2) is 107 Å². The summed E-state index contributed by atoms with van der Waals surface area (Å²) in [6.45, 7) is 6.47. The Balaban J connectivity index is 1.58. The number of halogens is 4. The zero-order valence-electron chi connectivity index (χ0n) is 28.0. The highest BCUT2D eigenvalue weighted by molar-refractivity contribution is 7.89. The van der Waals surface area contributed by atoms with Gasteiger partial charge in [-0.1, -0.05) is 43.1 Å². The molecule has 3 N–H and O–H groups in total. The molecule has 0 aliphatic carbocycles. The molecule has 3 heterocycles. The van der Waals surface area contributed by atoms with E-state index in [1.165, 1.54) is 28.0 Å². The van der Waals surface area contributed by atoms with E-state index in [1.54, 1.807) is 27.7 Å². The molecule has 0 saturated carbocycles. The number of piperazine rings is 1. The highest BCUT2D eigenvalue weighted by Gasteiger charge is 2.55. The summed E-state index contributed by atoms with van der Waals surface area (Å²) in [6.07, 6.45) is -0.923. The van der Waals surface area contributed by atoms with Crippen molar-refractivity contribution in [1.82, 2.24) is 24.3 Å². The van der Waals surface area contributed by atoms with Crippen LogP contribution in [0, 0.1) is 17.6 Å². The molecule has 2 aromatic rings. The summed E-state index contributed by atoms with van der Waals surface area (Å²) in [5, 5.41) is 2.64. The van der Waals surface area contributed by atoms with Crippen LogP contribution in [0.3, 0.4) is 0 Å². The molecule has 50 heavy (non-hydrogen) atoms. The van der Waals surface area contributed by atoms with Crippen LogP contribution in [0.1, 0.15) is 46.1 Å². The molecule has 2 aromatic carbocycles. The smallest absolute Gasteiger partial charge is 0.248 e. The Morgan fingerprint density at radius 1 is 1.02 bits per heavy atom. The molecule has 5 rings (SSSR count). The van der Waals surface area contributed by atoms with Crippen LogP contribution in [0.15, 0.2) is 41.3 Å². The first-order valence-electron chi connectivity index (χ1n) is 16.3. The van der Waals surface area contributed by atoms with Gasteiger partial charge in [0.2, 0.25) is 33.7 Å². The molecular formula is C33H40Cl2F2N6O6S. The Labute approximate surface area is 299 Å². The first kappa shape index (κ1) is 37.9. The van der Waals surface area contributed by atoms with Crippen LogP contribution < -0.4 is 11.1 Å². The van der Waals surface area contributed by atoms with Crippen molar-refractivity contribution in [3.8, 4) is 0 Å². The molecule has 3 saturated heterocycles. The molecule has 0 aromatic heterocycles. The van der Waals surface area contributed by atoms with E-state index in [0.29, 0.717) is 12.5 Å². The van der Waals surface area contributed by atoms with Crippen LogP contribution >= 0.6 is 23.2 Å². The van der Waals surface area contributed by atoms with Crippen LogP contribution in [0.25, 0.3) is 0 Å². The summed E-state index contributed by atoms with van der Waals surface area (Å²) in [6, 6.07) is 1.39. The standard InChI is InChI=1S/C33H40Cl2F2N6O6S/c1-17(2)29(38)33(47)40-11-5-6-25(40)30(44)39-24-15-42(50(48,49)27-10-8-20(34)13-22(27)35)28-16-41(18(3)4)32(46)26(43(28)31(24)45)12-19-7-9-21(36)14-23(19)37/h7-10,13-14,17-18,24-26,28-29H,5-6,11-12,15-16,38H2,1-4H3,(H,39,44). The van der Waals surface area contributed by atoms with Crippen molar-refractivity contribution < 1.29 is 36.4 Å². The van der Waals surface area contributed by atoms with Crippen molar-refractivity contribution in [2.45, 2.75) is 88.2 Å². The normalized spacial score (nSPS) is 23.9. The van der Waals surface area contributed by atoms with Gasteiger partial charge in [0, 0.05) is 36.6 Å². The second-order valence-corrected chi connectivity index (χ2v) is 16.1. The van der Waals surface area contributed by atoms with Crippen molar-refractivity contribution in [3.05, 3.63) is 63.6 Å². The SMILES string of the molecule is CC(C)C(N)C(=O)N1CCCC1C(=O)NC1CN(S(=O)(=O)c2ccc(Cl)cc2Cl)C2CN(C(C)C)C(=O)C(Cc3ccc(F)cc3F)N2C1=O. The van der Waals surface area contributed by atoms with Gasteiger partial charge in [-0.05, 0) is 62.4 Å². The zero-order chi connectivity index (χ0) is 36.8. The van der Waals surface area contributed by atoms with Gasteiger partial charge in [0.1, 0.15) is 40.8 Å². The fourth-order valence-electron chi connectivity index (χ4n) is 6.73. The fourth-order valence-corrected chi connectivity index (χ4v) is 9.07. The molecule has 0 radical (unpaired) electrons. The summed E-state index contributed by atoms with van der Waals surface area (Å²) in [4.78, 5) is 58.9. The van der Waals surface area contributed by atoms with Gasteiger partial charge in [-0.2, -0.15) is 4.31 Å². The lowest BCUT2D eigenvalue weighted by Crippen LogP contribution is -2.76. The largest absolute Gasteiger partial charge is 0.341 e. The third kappa shape index (κ3) is 7.20. The molecule has 5 atom stereocenters. The molecule has 17 heteroatoms. The molecule has 0 spiro atoms. The Kier molecular flexibility index (Phi) is 11.1. The second-order valence-electron chi connectivity index (χ2n) is 13.4. The highest BCUT2D eigenvalue weighted by atomic mass is 35.5. The minimum absolute atomic E-state index is 0.0789. The minimum Gasteiger partial charge on any atom is -0.341 e. The first-order chi connectivity index (χ1) is 23.4. The van der Waals surface area contributed by atoms with Crippen LogP contribution in [-0.2, 0) is 35.6 Å². The minimum atomic E-state index is -4.56. The lowest BCUT2D eigenvalue weighted by molar-refractivity contribution is -0.169. The lowest BCUT2D eigenvalue weighted by atomic mass is 9.96. The van der Waals surface area contributed by atoms with Crippen molar-refractivity contribution in [2.24, 2.45) is 11.7 Å². The van der Waals surface area contributed by atoms with Gasteiger partial charge in [0.15, 0.2) is 0 Å². The third-order valence-corrected chi connectivity index (χ3v) is 12.1. The van der Waals surface area contributed by atoms with E-state index in [0.717, 1.165) is 21.3 Å². The second kappa shape index (κ2) is 14.7. The highest BCUT2D eigenvalue weighted by Crippen LogP contribution is 2.35. The van der Waals surface area contributed by atoms with Crippen LogP contribution in [0.4, 0.5) is 8.78 Å². The van der Waals surface area contributed by atoms with E-state index in [4.69, 9.17) is 28.9 Å². The number of carbonyl (C=O) groups is 4. The fraction of sp³-hybridized carbons (Fsp3) is 0.515. The summed E-state index contributed by atoms with van der Waals surface area (Å²) >= 11 is 12.4. The van der Waals surface area contributed by atoms with Gasteiger partial charge in [-0.25, -0.2) is 17.2 Å². The Morgan fingerprint density at radius 3 is 2.34 bits per heavy atom. The molecule has 272 valence electrons. The quantitative estimate of drug-likeness (QED) is 0.399. The number of sulfonamides is 1. The monoisotopic (exact) mass is 756 g/mol. The number of nitrogens with zero attached hydrogens (tertiary/aromatic N) is 4. The number of benzene rings is 2. The molecule has 5 unspecified atom stereocenters. The van der Waals surface area contributed by atoms with Gasteiger partial charge >= 0.3 is 0 Å². The van der Waals surface area contributed by atoms with E-state index in [1.807, 2.05) is 0 Å². The van der Waals surface area contributed by atoms with Gasteiger partial charge in [0.25, 0.3) is 0 Å². The van der Waals surface area contributed by atoms with Crippen molar-refractivity contribution in [1.29, 1.82) is 0 Å².